The normalized spacial score (nSPS) is 11.2. The lowest BCUT2D eigenvalue weighted by Crippen LogP contribution is -2.27. The summed E-state index contributed by atoms with van der Waals surface area (Å²) in [5.41, 5.74) is 2.70. The average Bonchev–Trinajstić information content (AvgIpc) is 3.31. The number of ether oxygens (including phenoxy) is 2. The summed E-state index contributed by atoms with van der Waals surface area (Å²) in [4.78, 5) is 16.0. The van der Waals surface area contributed by atoms with Crippen molar-refractivity contribution in [3.05, 3.63) is 83.9 Å². The van der Waals surface area contributed by atoms with Crippen LogP contribution in [-0.4, -0.2) is 43.5 Å². The number of rotatable bonds is 13. The van der Waals surface area contributed by atoms with Gasteiger partial charge in [-0.1, -0.05) is 45.4 Å². The first kappa shape index (κ1) is 25.5. The molecule has 4 aromatic rings. The number of nitrogens with zero attached hydrogens (tertiary/aromatic N) is 1. The number of unbranched alkanes of at least 4 members (excludes halogenated alkanes) is 1. The molecule has 0 spiro atoms. The maximum atomic E-state index is 13.7. The molecule has 1 heterocycles. The molecule has 0 amide bonds. The SMILES string of the molecule is CCCCOc1ccc(C(=O)c2c(-c3ccc(OCCN(CC)CC)cc3)oc3ccccc23)cc1. The van der Waals surface area contributed by atoms with E-state index in [4.69, 9.17) is 13.9 Å². The Morgan fingerprint density at radius 2 is 1.44 bits per heavy atom. The van der Waals surface area contributed by atoms with Gasteiger partial charge in [-0.2, -0.15) is 0 Å². The number of carbonyl (C=O) groups is 1. The van der Waals surface area contributed by atoms with Crippen molar-refractivity contribution in [1.29, 1.82) is 0 Å². The van der Waals surface area contributed by atoms with Crippen LogP contribution >= 0.6 is 0 Å². The second-order valence-electron chi connectivity index (χ2n) is 8.76. The van der Waals surface area contributed by atoms with Gasteiger partial charge in [-0.15, -0.1) is 0 Å². The molecule has 188 valence electrons. The molecule has 0 fully saturated rings. The monoisotopic (exact) mass is 485 g/mol. The Kier molecular flexibility index (Phi) is 8.80. The van der Waals surface area contributed by atoms with Crippen molar-refractivity contribution in [2.24, 2.45) is 0 Å². The van der Waals surface area contributed by atoms with Gasteiger partial charge in [-0.3, -0.25) is 4.79 Å². The zero-order chi connectivity index (χ0) is 25.3. The molecule has 0 radical (unpaired) electrons. The maximum Gasteiger partial charge on any atom is 0.197 e. The van der Waals surface area contributed by atoms with Crippen LogP contribution in [-0.2, 0) is 0 Å². The first-order valence-electron chi connectivity index (χ1n) is 12.9. The van der Waals surface area contributed by atoms with Crippen LogP contribution in [0, 0.1) is 0 Å². The van der Waals surface area contributed by atoms with Gasteiger partial charge in [-0.25, -0.2) is 0 Å². The van der Waals surface area contributed by atoms with Gasteiger partial charge in [0.15, 0.2) is 5.78 Å². The van der Waals surface area contributed by atoms with Crippen molar-refractivity contribution >= 4 is 16.8 Å². The summed E-state index contributed by atoms with van der Waals surface area (Å²) in [6.07, 6.45) is 2.08. The van der Waals surface area contributed by atoms with Gasteiger partial charge in [0, 0.05) is 23.1 Å². The highest BCUT2D eigenvalue weighted by molar-refractivity contribution is 6.19. The Bertz CT molecular complexity index is 1250. The first-order valence-corrected chi connectivity index (χ1v) is 12.9. The van der Waals surface area contributed by atoms with E-state index in [1.165, 1.54) is 0 Å². The predicted molar refractivity (Wildman–Crippen MR) is 145 cm³/mol. The fraction of sp³-hybridized carbons (Fsp3) is 0.323. The number of benzene rings is 3. The molecule has 0 aliphatic carbocycles. The molecule has 36 heavy (non-hydrogen) atoms. The van der Waals surface area contributed by atoms with Gasteiger partial charge in [0.05, 0.1) is 12.2 Å². The van der Waals surface area contributed by atoms with Crippen LogP contribution in [0.3, 0.4) is 0 Å². The van der Waals surface area contributed by atoms with Gasteiger partial charge in [0.2, 0.25) is 0 Å². The molecule has 1 aromatic heterocycles. The minimum absolute atomic E-state index is 0.0744. The molecule has 4 rings (SSSR count). The lowest BCUT2D eigenvalue weighted by Gasteiger charge is -2.18. The predicted octanol–water partition coefficient (Wildman–Crippen LogP) is 7.23. The summed E-state index contributed by atoms with van der Waals surface area (Å²) < 4.78 is 17.9. The molecule has 0 saturated heterocycles. The molecule has 0 aliphatic rings. The minimum Gasteiger partial charge on any atom is -0.494 e. The highest BCUT2D eigenvalue weighted by atomic mass is 16.5. The molecule has 0 N–H and O–H groups in total. The minimum atomic E-state index is -0.0744. The largest absolute Gasteiger partial charge is 0.494 e. The van der Waals surface area contributed by atoms with Gasteiger partial charge >= 0.3 is 0 Å². The number of likely N-dealkylation sites (N-methyl/N-ethyl adjacent to an activating group) is 1. The molecular weight excluding hydrogens is 450 g/mol. The standard InChI is InChI=1S/C31H35NO4/c1-4-7-21-34-25-16-12-23(13-17-25)30(33)29-27-10-8-9-11-28(27)36-31(29)24-14-18-26(19-15-24)35-22-20-32(5-2)6-3/h8-19H,4-7,20-22H2,1-3H3. The molecule has 0 saturated carbocycles. The Balaban J connectivity index is 1.57. The van der Waals surface area contributed by atoms with Gasteiger partial charge in [-0.05, 0) is 74.1 Å². The number of carbonyl (C=O) groups excluding carboxylic acids is 1. The van der Waals surface area contributed by atoms with Gasteiger partial charge < -0.3 is 18.8 Å². The van der Waals surface area contributed by atoms with Crippen LogP contribution < -0.4 is 9.47 Å². The van der Waals surface area contributed by atoms with Crippen LogP contribution in [0.5, 0.6) is 11.5 Å². The van der Waals surface area contributed by atoms with E-state index in [1.807, 2.05) is 72.8 Å². The molecule has 5 heteroatoms. The van der Waals surface area contributed by atoms with Crippen molar-refractivity contribution < 1.29 is 18.7 Å². The van der Waals surface area contributed by atoms with E-state index in [-0.39, 0.29) is 5.78 Å². The number of fused-ring (bicyclic) bond motifs is 1. The third kappa shape index (κ3) is 5.97. The van der Waals surface area contributed by atoms with E-state index in [1.54, 1.807) is 0 Å². The second-order valence-corrected chi connectivity index (χ2v) is 8.76. The molecule has 5 nitrogen and oxygen atoms in total. The molecule has 0 aliphatic heterocycles. The molecular formula is C31H35NO4. The Morgan fingerprint density at radius 3 is 2.11 bits per heavy atom. The second kappa shape index (κ2) is 12.4. The highest BCUT2D eigenvalue weighted by Crippen LogP contribution is 2.36. The third-order valence-electron chi connectivity index (χ3n) is 6.39. The topological polar surface area (TPSA) is 51.9 Å². The Labute approximate surface area is 213 Å². The number of furan rings is 1. The highest BCUT2D eigenvalue weighted by Gasteiger charge is 2.23. The van der Waals surface area contributed by atoms with Crippen molar-refractivity contribution in [2.45, 2.75) is 33.6 Å². The fourth-order valence-electron chi connectivity index (χ4n) is 4.19. The zero-order valence-electron chi connectivity index (χ0n) is 21.5. The fourth-order valence-corrected chi connectivity index (χ4v) is 4.19. The van der Waals surface area contributed by atoms with Crippen molar-refractivity contribution in [1.82, 2.24) is 4.90 Å². The molecule has 0 atom stereocenters. The van der Waals surface area contributed by atoms with E-state index in [9.17, 15) is 4.79 Å². The quantitative estimate of drug-likeness (QED) is 0.148. The summed E-state index contributed by atoms with van der Waals surface area (Å²) in [7, 11) is 0. The first-order chi connectivity index (χ1) is 17.6. The number of hydrogen-bond donors (Lipinski definition) is 0. The lowest BCUT2D eigenvalue weighted by atomic mass is 9.97. The van der Waals surface area contributed by atoms with Gasteiger partial charge in [0.1, 0.15) is 29.4 Å². The third-order valence-corrected chi connectivity index (χ3v) is 6.39. The Hall–Kier alpha value is -3.57. The van der Waals surface area contributed by atoms with Crippen LogP contribution in [0.25, 0.3) is 22.3 Å². The van der Waals surface area contributed by atoms with E-state index in [0.717, 1.165) is 54.9 Å². The molecule has 0 unspecified atom stereocenters. The lowest BCUT2D eigenvalue weighted by molar-refractivity contribution is 0.104. The summed E-state index contributed by atoms with van der Waals surface area (Å²) in [5, 5.41) is 0.806. The summed E-state index contributed by atoms with van der Waals surface area (Å²) in [6.45, 7) is 10.7. The maximum absolute atomic E-state index is 13.7. The number of ketones is 1. The van der Waals surface area contributed by atoms with E-state index in [0.29, 0.717) is 35.7 Å². The smallest absolute Gasteiger partial charge is 0.197 e. The summed E-state index contributed by atoms with van der Waals surface area (Å²) >= 11 is 0. The van der Waals surface area contributed by atoms with Gasteiger partial charge in [0.25, 0.3) is 0 Å². The summed E-state index contributed by atoms with van der Waals surface area (Å²) in [5.74, 6) is 2.07. The van der Waals surface area contributed by atoms with Crippen LogP contribution in [0.4, 0.5) is 0 Å². The van der Waals surface area contributed by atoms with Crippen molar-refractivity contribution in [2.75, 3.05) is 32.8 Å². The average molecular weight is 486 g/mol. The molecule has 3 aromatic carbocycles. The van der Waals surface area contributed by atoms with Crippen LogP contribution in [0.1, 0.15) is 49.5 Å². The Morgan fingerprint density at radius 1 is 0.806 bits per heavy atom. The van der Waals surface area contributed by atoms with Crippen molar-refractivity contribution in [3.63, 3.8) is 0 Å². The van der Waals surface area contributed by atoms with Crippen LogP contribution in [0.15, 0.2) is 77.2 Å². The van der Waals surface area contributed by atoms with E-state index < -0.39 is 0 Å². The summed E-state index contributed by atoms with van der Waals surface area (Å²) in [6, 6.07) is 22.8. The number of para-hydroxylation sites is 1. The van der Waals surface area contributed by atoms with Crippen molar-refractivity contribution in [3.8, 4) is 22.8 Å². The van der Waals surface area contributed by atoms with E-state index in [2.05, 4.69) is 25.7 Å². The molecule has 0 bridgehead atoms. The van der Waals surface area contributed by atoms with E-state index >= 15 is 0 Å². The zero-order valence-corrected chi connectivity index (χ0v) is 21.5. The van der Waals surface area contributed by atoms with Crippen LogP contribution in [0.2, 0.25) is 0 Å². The number of hydrogen-bond acceptors (Lipinski definition) is 5.